The second-order valence-corrected chi connectivity index (χ2v) is 11.9. The fourth-order valence-electron chi connectivity index (χ4n) is 3.77. The van der Waals surface area contributed by atoms with Gasteiger partial charge in [-0.15, -0.1) is 0 Å². The number of benzene rings is 2. The van der Waals surface area contributed by atoms with Crippen molar-refractivity contribution in [3.63, 3.8) is 0 Å². The van der Waals surface area contributed by atoms with Crippen molar-refractivity contribution in [1.82, 2.24) is 10.2 Å². The monoisotopic (exact) mass is 501 g/mol. The molecule has 0 spiro atoms. The Bertz CT molecular complexity index is 1100. The lowest BCUT2D eigenvalue weighted by atomic mass is 10.1. The molecular weight excluding hydrogens is 462 g/mol. The smallest absolute Gasteiger partial charge is 0.244 e. The maximum Gasteiger partial charge on any atom is 0.244 e. The normalized spacial score (nSPS) is 12.7. The molecule has 0 fully saturated rings. The minimum absolute atomic E-state index is 0.196. The lowest BCUT2D eigenvalue weighted by Gasteiger charge is -2.34. The molecule has 7 nitrogen and oxygen atoms in total. The minimum Gasteiger partial charge on any atom is -0.350 e. The van der Waals surface area contributed by atoms with Crippen LogP contribution in [0.1, 0.15) is 57.7 Å². The second-order valence-electron chi connectivity index (χ2n) is 9.96. The molecule has 2 rings (SSSR count). The maximum absolute atomic E-state index is 13.7. The predicted molar refractivity (Wildman–Crippen MR) is 142 cm³/mol. The van der Waals surface area contributed by atoms with E-state index in [4.69, 9.17) is 0 Å². The highest BCUT2D eigenvalue weighted by Crippen LogP contribution is 2.21. The molecule has 0 unspecified atom stereocenters. The van der Waals surface area contributed by atoms with E-state index in [1.807, 2.05) is 77.9 Å². The number of aryl methyl sites for hydroxylation is 2. The quantitative estimate of drug-likeness (QED) is 0.532. The zero-order chi connectivity index (χ0) is 26.4. The number of nitrogens with one attached hydrogen (secondary N) is 1. The Morgan fingerprint density at radius 3 is 1.94 bits per heavy atom. The van der Waals surface area contributed by atoms with Gasteiger partial charge in [0.15, 0.2) is 0 Å². The van der Waals surface area contributed by atoms with Crippen LogP contribution in [0.3, 0.4) is 0 Å². The van der Waals surface area contributed by atoms with Gasteiger partial charge in [0.25, 0.3) is 0 Å². The summed E-state index contributed by atoms with van der Waals surface area (Å²) in [5, 5.41) is 2.96. The van der Waals surface area contributed by atoms with E-state index in [-0.39, 0.29) is 12.5 Å². The number of carbonyl (C=O) groups excluding carboxylic acids is 2. The van der Waals surface area contributed by atoms with E-state index >= 15 is 0 Å². The molecule has 2 amide bonds. The van der Waals surface area contributed by atoms with Gasteiger partial charge in [0.1, 0.15) is 12.6 Å². The largest absolute Gasteiger partial charge is 0.350 e. The van der Waals surface area contributed by atoms with Crippen molar-refractivity contribution < 1.29 is 18.0 Å². The van der Waals surface area contributed by atoms with Crippen molar-refractivity contribution in [3.05, 3.63) is 65.2 Å². The Balaban J connectivity index is 2.44. The number of hydrogen-bond donors (Lipinski definition) is 1. The highest BCUT2D eigenvalue weighted by atomic mass is 32.2. The predicted octanol–water partition coefficient (Wildman–Crippen LogP) is 4.05. The number of amides is 2. The summed E-state index contributed by atoms with van der Waals surface area (Å²) in [4.78, 5) is 28.3. The van der Waals surface area contributed by atoms with Crippen LogP contribution < -0.4 is 9.62 Å². The Hall–Kier alpha value is -2.87. The molecule has 0 aromatic heterocycles. The third-order valence-corrected chi connectivity index (χ3v) is 6.81. The number of hydrogen-bond acceptors (Lipinski definition) is 4. The van der Waals surface area contributed by atoms with E-state index in [9.17, 15) is 18.0 Å². The number of carbonyl (C=O) groups is 2. The summed E-state index contributed by atoms with van der Waals surface area (Å²) in [7, 11) is -3.74. The molecule has 8 heteroatoms. The summed E-state index contributed by atoms with van der Waals surface area (Å²) >= 11 is 0. The second kappa shape index (κ2) is 11.7. The molecule has 35 heavy (non-hydrogen) atoms. The highest BCUT2D eigenvalue weighted by Gasteiger charge is 2.33. The number of sulfonamides is 1. The van der Waals surface area contributed by atoms with Crippen molar-refractivity contribution in [3.8, 4) is 0 Å². The van der Waals surface area contributed by atoms with Gasteiger partial charge in [-0.2, -0.15) is 0 Å². The van der Waals surface area contributed by atoms with Gasteiger partial charge in [0.2, 0.25) is 21.8 Å². The van der Waals surface area contributed by atoms with Crippen molar-refractivity contribution >= 4 is 27.5 Å². The van der Waals surface area contributed by atoms with Gasteiger partial charge in [-0.1, -0.05) is 55.8 Å². The highest BCUT2D eigenvalue weighted by molar-refractivity contribution is 7.92. The molecule has 192 valence electrons. The molecule has 1 N–H and O–H groups in total. The van der Waals surface area contributed by atoms with Crippen LogP contribution in [-0.2, 0) is 32.6 Å². The maximum atomic E-state index is 13.7. The van der Waals surface area contributed by atoms with E-state index in [1.54, 1.807) is 12.1 Å². The van der Waals surface area contributed by atoms with Crippen LogP contribution in [0.4, 0.5) is 5.69 Å². The van der Waals surface area contributed by atoms with Gasteiger partial charge in [-0.25, -0.2) is 8.42 Å². The summed E-state index contributed by atoms with van der Waals surface area (Å²) < 4.78 is 26.5. The Morgan fingerprint density at radius 1 is 0.943 bits per heavy atom. The summed E-state index contributed by atoms with van der Waals surface area (Å²) in [6.07, 6.45) is 2.30. The van der Waals surface area contributed by atoms with E-state index < -0.39 is 34.1 Å². The van der Waals surface area contributed by atoms with Crippen LogP contribution in [0.15, 0.2) is 48.5 Å². The molecule has 0 aliphatic carbocycles. The van der Waals surface area contributed by atoms with Crippen molar-refractivity contribution in [2.75, 3.05) is 17.1 Å². The number of nitrogens with zero attached hydrogens (tertiary/aromatic N) is 2. The van der Waals surface area contributed by atoms with Crippen LogP contribution in [0.25, 0.3) is 0 Å². The first-order valence-corrected chi connectivity index (χ1v) is 13.8. The Kier molecular flexibility index (Phi) is 9.49. The third kappa shape index (κ3) is 8.38. The average molecular weight is 502 g/mol. The zero-order valence-corrected chi connectivity index (χ0v) is 22.8. The van der Waals surface area contributed by atoms with Crippen molar-refractivity contribution in [1.29, 1.82) is 0 Å². The fourth-order valence-corrected chi connectivity index (χ4v) is 4.62. The molecule has 2 aromatic carbocycles. The van der Waals surface area contributed by atoms with Crippen LogP contribution >= 0.6 is 0 Å². The molecule has 0 aliphatic rings. The van der Waals surface area contributed by atoms with Crippen molar-refractivity contribution in [2.24, 2.45) is 0 Å². The summed E-state index contributed by atoms with van der Waals surface area (Å²) in [5.41, 5.74) is 2.97. The van der Waals surface area contributed by atoms with Crippen molar-refractivity contribution in [2.45, 2.75) is 72.5 Å². The summed E-state index contributed by atoms with van der Waals surface area (Å²) in [5.74, 6) is -0.704. The first kappa shape index (κ1) is 28.4. The molecular formula is C27H39N3O4S. The lowest BCUT2D eigenvalue weighted by molar-refractivity contribution is -0.141. The standard InChI is InChI=1S/C27H39N3O4S/c1-8-21-14-16-23(17-15-21)30(35(7,33)34)19-25(31)29(18-22-12-10-20(3)11-13-22)24(9-2)26(32)28-27(4,5)6/h10-17,24H,8-9,18-19H2,1-7H3,(H,28,32)/t24-/m1/s1. The first-order chi connectivity index (χ1) is 16.2. The van der Waals surface area contributed by atoms with Gasteiger partial charge >= 0.3 is 0 Å². The van der Waals surface area contributed by atoms with E-state index in [0.717, 1.165) is 33.7 Å². The number of rotatable bonds is 10. The zero-order valence-electron chi connectivity index (χ0n) is 22.0. The summed E-state index contributed by atoms with van der Waals surface area (Å²) in [6, 6.07) is 14.1. The topological polar surface area (TPSA) is 86.8 Å². The molecule has 0 aliphatic heterocycles. The average Bonchev–Trinajstić information content (AvgIpc) is 2.76. The molecule has 2 aromatic rings. The SMILES string of the molecule is CCc1ccc(N(CC(=O)N(Cc2ccc(C)cc2)[C@H](CC)C(=O)NC(C)(C)C)S(C)(=O)=O)cc1. The first-order valence-electron chi connectivity index (χ1n) is 12.0. The van der Waals surface area contributed by atoms with Crippen LogP contribution in [-0.4, -0.2) is 49.5 Å². The minimum atomic E-state index is -3.74. The molecule has 0 saturated carbocycles. The van der Waals surface area contributed by atoms with Gasteiger partial charge in [-0.05, 0) is 63.8 Å². The summed E-state index contributed by atoms with van der Waals surface area (Å²) in [6.45, 7) is 11.3. The molecule has 0 bridgehead atoms. The molecule has 0 heterocycles. The molecule has 0 saturated heterocycles. The van der Waals surface area contributed by atoms with E-state index in [2.05, 4.69) is 5.32 Å². The number of anilines is 1. The Morgan fingerprint density at radius 2 is 1.49 bits per heavy atom. The fraction of sp³-hybridized carbons (Fsp3) is 0.481. The van der Waals surface area contributed by atoms with Crippen LogP contribution in [0.5, 0.6) is 0 Å². The third-order valence-electron chi connectivity index (χ3n) is 5.67. The molecule has 1 atom stereocenters. The molecule has 0 radical (unpaired) electrons. The van der Waals surface area contributed by atoms with E-state index in [0.29, 0.717) is 12.1 Å². The lowest BCUT2D eigenvalue weighted by Crippen LogP contribution is -2.55. The van der Waals surface area contributed by atoms with Crippen LogP contribution in [0, 0.1) is 6.92 Å². The van der Waals surface area contributed by atoms with Gasteiger partial charge < -0.3 is 10.2 Å². The van der Waals surface area contributed by atoms with Crippen LogP contribution in [0.2, 0.25) is 0 Å². The van der Waals surface area contributed by atoms with Gasteiger partial charge in [0.05, 0.1) is 11.9 Å². The Labute approximate surface area is 210 Å². The van der Waals surface area contributed by atoms with E-state index in [1.165, 1.54) is 4.90 Å². The van der Waals surface area contributed by atoms with Gasteiger partial charge in [0, 0.05) is 12.1 Å². The van der Waals surface area contributed by atoms with Gasteiger partial charge in [-0.3, -0.25) is 13.9 Å².